The fraction of sp³-hybridized carbons (Fsp3) is 0.367. The first kappa shape index (κ1) is 28.0. The summed E-state index contributed by atoms with van der Waals surface area (Å²) in [6.07, 6.45) is 7.29. The minimum atomic E-state index is -0.885. The second-order valence-corrected chi connectivity index (χ2v) is 11.1. The maximum absolute atomic E-state index is 15.1. The number of halogens is 2. The van der Waals surface area contributed by atoms with Crippen LogP contribution in [-0.4, -0.2) is 47.5 Å². The molecule has 5 N–H and O–H groups in total. The van der Waals surface area contributed by atoms with Gasteiger partial charge in [0.1, 0.15) is 11.9 Å². The van der Waals surface area contributed by atoms with Crippen molar-refractivity contribution in [1.82, 2.24) is 9.88 Å². The van der Waals surface area contributed by atoms with E-state index in [0.717, 1.165) is 12.0 Å². The van der Waals surface area contributed by atoms with Crippen molar-refractivity contribution >= 4 is 34.8 Å². The van der Waals surface area contributed by atoms with Gasteiger partial charge < -0.3 is 26.4 Å². The van der Waals surface area contributed by atoms with Gasteiger partial charge in [-0.05, 0) is 72.4 Å². The molecule has 1 aliphatic carbocycles. The molecule has 1 aromatic heterocycles. The average Bonchev–Trinajstić information content (AvgIpc) is 3.70. The van der Waals surface area contributed by atoms with Crippen LogP contribution in [0.1, 0.15) is 53.6 Å². The van der Waals surface area contributed by atoms with Gasteiger partial charge >= 0.3 is 0 Å². The van der Waals surface area contributed by atoms with E-state index in [0.29, 0.717) is 28.5 Å². The topological polar surface area (TPSA) is 124 Å². The van der Waals surface area contributed by atoms with Crippen LogP contribution in [0, 0.1) is 11.7 Å². The van der Waals surface area contributed by atoms with E-state index in [1.54, 1.807) is 30.6 Å². The molecule has 0 radical (unpaired) electrons. The van der Waals surface area contributed by atoms with E-state index in [2.05, 4.69) is 10.3 Å². The van der Waals surface area contributed by atoms with Crippen molar-refractivity contribution in [3.8, 4) is 0 Å². The number of aromatic nitrogens is 1. The molecular formula is C30H33ClFN5O3. The van der Waals surface area contributed by atoms with Gasteiger partial charge in [0.15, 0.2) is 0 Å². The molecule has 210 valence electrons. The molecule has 0 bridgehead atoms. The van der Waals surface area contributed by atoms with E-state index in [-0.39, 0.29) is 30.4 Å². The molecule has 40 heavy (non-hydrogen) atoms. The average molecular weight is 566 g/mol. The number of benzene rings is 2. The number of anilines is 2. The standard InChI is InChI=1S/C30H33ClFN5O3/c1-40-22-16-27(37(17-22)29(39)19-4-6-23(31)25(33)14-19)28(38)36-26-15-21(5-7-24(26)32)30(34,11-8-18-2-3-18)20-9-12-35-13-10-20/h4-7,9-10,12-15,18,22,27H,2-3,8,11,16-17,33-34H2,1H3,(H,36,38). The number of hydrogen-bond acceptors (Lipinski definition) is 6. The predicted octanol–water partition coefficient (Wildman–Crippen LogP) is 4.72. The summed E-state index contributed by atoms with van der Waals surface area (Å²) in [5, 5.41) is 3.05. The zero-order chi connectivity index (χ0) is 28.4. The Morgan fingerprint density at radius 1 is 1.15 bits per heavy atom. The quantitative estimate of drug-likeness (QED) is 0.323. The van der Waals surface area contributed by atoms with Crippen LogP contribution in [0.4, 0.5) is 15.8 Å². The number of ether oxygens (including phenoxy) is 1. The molecule has 2 amide bonds. The number of pyridine rings is 1. The number of nitrogen functional groups attached to an aromatic ring is 1. The minimum Gasteiger partial charge on any atom is -0.398 e. The van der Waals surface area contributed by atoms with Crippen LogP contribution in [0.2, 0.25) is 5.02 Å². The predicted molar refractivity (Wildman–Crippen MR) is 152 cm³/mol. The third-order valence-corrected chi connectivity index (χ3v) is 8.33. The molecule has 8 nitrogen and oxygen atoms in total. The summed E-state index contributed by atoms with van der Waals surface area (Å²) < 4.78 is 20.6. The monoisotopic (exact) mass is 565 g/mol. The number of methoxy groups -OCH3 is 1. The summed E-state index contributed by atoms with van der Waals surface area (Å²) in [5.41, 5.74) is 14.1. The fourth-order valence-corrected chi connectivity index (χ4v) is 5.46. The van der Waals surface area contributed by atoms with Crippen molar-refractivity contribution in [3.63, 3.8) is 0 Å². The van der Waals surface area contributed by atoms with Crippen LogP contribution in [0.25, 0.3) is 0 Å². The number of hydrogen-bond donors (Lipinski definition) is 3. The van der Waals surface area contributed by atoms with E-state index in [9.17, 15) is 9.59 Å². The number of carbonyl (C=O) groups excluding carboxylic acids is 2. The van der Waals surface area contributed by atoms with Crippen molar-refractivity contribution in [2.24, 2.45) is 11.7 Å². The van der Waals surface area contributed by atoms with E-state index < -0.39 is 29.2 Å². The van der Waals surface area contributed by atoms with Gasteiger partial charge in [-0.25, -0.2) is 4.39 Å². The molecule has 3 aromatic rings. The molecule has 2 aliphatic rings. The molecule has 3 atom stereocenters. The van der Waals surface area contributed by atoms with Gasteiger partial charge in [0.2, 0.25) is 5.91 Å². The number of rotatable bonds is 9. The van der Waals surface area contributed by atoms with Crippen molar-refractivity contribution in [1.29, 1.82) is 0 Å². The number of amides is 2. The van der Waals surface area contributed by atoms with Crippen molar-refractivity contribution in [3.05, 3.63) is 88.5 Å². The molecule has 5 rings (SSSR count). The first-order chi connectivity index (χ1) is 19.2. The lowest BCUT2D eigenvalue weighted by molar-refractivity contribution is -0.119. The maximum atomic E-state index is 15.1. The third kappa shape index (κ3) is 5.82. The van der Waals surface area contributed by atoms with Gasteiger partial charge in [-0.1, -0.05) is 30.5 Å². The first-order valence-electron chi connectivity index (χ1n) is 13.4. The van der Waals surface area contributed by atoms with Crippen LogP contribution in [0.3, 0.4) is 0 Å². The number of nitrogens with one attached hydrogen (secondary N) is 1. The van der Waals surface area contributed by atoms with Gasteiger partial charge in [0.25, 0.3) is 5.91 Å². The number of nitrogens with two attached hydrogens (primary N) is 2. The summed E-state index contributed by atoms with van der Waals surface area (Å²) >= 11 is 6.02. The van der Waals surface area contributed by atoms with Crippen LogP contribution in [0.15, 0.2) is 60.9 Å². The Bertz CT molecular complexity index is 1400. The van der Waals surface area contributed by atoms with Gasteiger partial charge in [0.05, 0.1) is 28.0 Å². The third-order valence-electron chi connectivity index (χ3n) is 7.98. The van der Waals surface area contributed by atoms with Gasteiger partial charge in [0, 0.05) is 38.0 Å². The molecule has 1 aliphatic heterocycles. The van der Waals surface area contributed by atoms with Crippen LogP contribution in [-0.2, 0) is 15.1 Å². The molecule has 1 saturated heterocycles. The van der Waals surface area contributed by atoms with Crippen LogP contribution in [0.5, 0.6) is 0 Å². The smallest absolute Gasteiger partial charge is 0.254 e. The summed E-state index contributed by atoms with van der Waals surface area (Å²) in [5.74, 6) is -0.854. The highest BCUT2D eigenvalue weighted by molar-refractivity contribution is 6.33. The van der Waals surface area contributed by atoms with Gasteiger partial charge in [-0.2, -0.15) is 0 Å². The Morgan fingerprint density at radius 2 is 1.90 bits per heavy atom. The van der Waals surface area contributed by atoms with Crippen LogP contribution >= 0.6 is 11.6 Å². The Kier molecular flexibility index (Phi) is 8.07. The zero-order valence-electron chi connectivity index (χ0n) is 22.3. The second-order valence-electron chi connectivity index (χ2n) is 10.7. The SMILES string of the molecule is COC1CC(C(=O)Nc2cc(C(N)(CCC3CC3)c3ccncc3)ccc2F)N(C(=O)c2ccc(Cl)c(N)c2)C1. The molecule has 2 heterocycles. The number of nitrogens with zero attached hydrogens (tertiary/aromatic N) is 2. The summed E-state index contributed by atoms with van der Waals surface area (Å²) in [4.78, 5) is 32.5. The Hall–Kier alpha value is -3.53. The lowest BCUT2D eigenvalue weighted by Gasteiger charge is -2.31. The molecule has 2 fully saturated rings. The van der Waals surface area contributed by atoms with E-state index in [4.69, 9.17) is 27.8 Å². The largest absolute Gasteiger partial charge is 0.398 e. The molecule has 3 unspecified atom stereocenters. The van der Waals surface area contributed by atoms with E-state index in [1.807, 2.05) is 12.1 Å². The van der Waals surface area contributed by atoms with E-state index >= 15 is 4.39 Å². The summed E-state index contributed by atoms with van der Waals surface area (Å²) in [6, 6.07) is 12.0. The van der Waals surface area contributed by atoms with Gasteiger partial charge in [-0.3, -0.25) is 14.6 Å². The lowest BCUT2D eigenvalue weighted by atomic mass is 9.79. The van der Waals surface area contributed by atoms with E-state index in [1.165, 1.54) is 43.1 Å². The highest BCUT2D eigenvalue weighted by Crippen LogP contribution is 2.40. The lowest BCUT2D eigenvalue weighted by Crippen LogP contribution is -2.43. The summed E-state index contributed by atoms with van der Waals surface area (Å²) in [6.45, 7) is 0.202. The molecule has 0 spiro atoms. The fourth-order valence-electron chi connectivity index (χ4n) is 5.34. The van der Waals surface area contributed by atoms with Crippen molar-refractivity contribution < 1.29 is 18.7 Å². The molecule has 10 heteroatoms. The maximum Gasteiger partial charge on any atom is 0.254 e. The van der Waals surface area contributed by atoms with Crippen molar-refractivity contribution in [2.45, 2.75) is 49.8 Å². The molecule has 2 aromatic carbocycles. The number of carbonyl (C=O) groups is 2. The Balaban J connectivity index is 1.41. The van der Waals surface area contributed by atoms with Crippen LogP contribution < -0.4 is 16.8 Å². The Labute approximate surface area is 237 Å². The summed E-state index contributed by atoms with van der Waals surface area (Å²) in [7, 11) is 1.53. The normalized spacial score (nSPS) is 20.2. The highest BCUT2D eigenvalue weighted by Gasteiger charge is 2.41. The first-order valence-corrected chi connectivity index (χ1v) is 13.8. The highest BCUT2D eigenvalue weighted by atomic mass is 35.5. The molecule has 1 saturated carbocycles. The Morgan fingerprint density at radius 3 is 2.58 bits per heavy atom. The van der Waals surface area contributed by atoms with Gasteiger partial charge in [-0.15, -0.1) is 0 Å². The zero-order valence-corrected chi connectivity index (χ0v) is 23.0. The second kappa shape index (κ2) is 11.5. The number of likely N-dealkylation sites (tertiary alicyclic amines) is 1. The minimum absolute atomic E-state index is 0.00167. The van der Waals surface area contributed by atoms with Crippen molar-refractivity contribution in [2.75, 3.05) is 24.7 Å². The molecular weight excluding hydrogens is 533 g/mol.